The Hall–Kier alpha value is -0.120. The maximum Gasteiger partial charge on any atom is 0.0702 e. The normalized spacial score (nSPS) is 40.7. The van der Waals surface area contributed by atoms with Crippen LogP contribution < -0.4 is 5.73 Å². The van der Waals surface area contributed by atoms with Crippen LogP contribution in [0, 0.1) is 5.92 Å². The second-order valence-corrected chi connectivity index (χ2v) is 5.61. The van der Waals surface area contributed by atoms with E-state index in [9.17, 15) is 0 Å². The lowest BCUT2D eigenvalue weighted by atomic mass is 9.67. The van der Waals surface area contributed by atoms with E-state index in [1.54, 1.807) is 0 Å². The third-order valence-corrected chi connectivity index (χ3v) is 4.29. The van der Waals surface area contributed by atoms with Gasteiger partial charge in [-0.2, -0.15) is 0 Å². The lowest BCUT2D eigenvalue weighted by molar-refractivity contribution is -0.0740. The maximum atomic E-state index is 6.00. The minimum atomic E-state index is 0.315. The Bertz CT molecular complexity index is 224. The average Bonchev–Trinajstić information content (AvgIpc) is 2.25. The van der Waals surface area contributed by atoms with Crippen molar-refractivity contribution in [2.24, 2.45) is 11.7 Å². The van der Waals surface area contributed by atoms with Crippen molar-refractivity contribution in [2.75, 3.05) is 26.2 Å². The standard InChI is InChI=1S/C13H26N2O/c1-3-16-12-5-4-6-15(9-12)13(10-14)7-11(2)8-13/h11-12H,3-10,14H2,1-2H3. The van der Waals surface area contributed by atoms with Crippen molar-refractivity contribution in [2.45, 2.75) is 51.2 Å². The number of ether oxygens (including phenoxy) is 1. The number of likely N-dealkylation sites (tertiary alicyclic amines) is 1. The topological polar surface area (TPSA) is 38.5 Å². The zero-order valence-electron chi connectivity index (χ0n) is 10.7. The van der Waals surface area contributed by atoms with Crippen LogP contribution in [0.15, 0.2) is 0 Å². The molecule has 3 heteroatoms. The van der Waals surface area contributed by atoms with Gasteiger partial charge in [-0.05, 0) is 45.1 Å². The van der Waals surface area contributed by atoms with Gasteiger partial charge < -0.3 is 10.5 Å². The Balaban J connectivity index is 1.92. The van der Waals surface area contributed by atoms with Crippen molar-refractivity contribution in [1.29, 1.82) is 0 Å². The van der Waals surface area contributed by atoms with E-state index in [1.165, 1.54) is 32.2 Å². The first kappa shape index (κ1) is 12.3. The Morgan fingerprint density at radius 3 is 2.75 bits per heavy atom. The molecule has 0 radical (unpaired) electrons. The summed E-state index contributed by atoms with van der Waals surface area (Å²) in [5.74, 6) is 0.857. The molecule has 0 aromatic heterocycles. The predicted octanol–water partition coefficient (Wildman–Crippen LogP) is 1.61. The summed E-state index contributed by atoms with van der Waals surface area (Å²) in [7, 11) is 0. The molecule has 0 spiro atoms. The molecule has 0 aromatic carbocycles. The molecule has 1 aliphatic heterocycles. The highest BCUT2D eigenvalue weighted by Gasteiger charge is 2.46. The quantitative estimate of drug-likeness (QED) is 0.791. The van der Waals surface area contributed by atoms with Crippen LogP contribution in [0.25, 0.3) is 0 Å². The summed E-state index contributed by atoms with van der Waals surface area (Å²) in [5, 5.41) is 0. The third-order valence-electron chi connectivity index (χ3n) is 4.29. The van der Waals surface area contributed by atoms with Crippen molar-refractivity contribution in [3.63, 3.8) is 0 Å². The van der Waals surface area contributed by atoms with Crippen LogP contribution in [0.2, 0.25) is 0 Å². The molecule has 0 bridgehead atoms. The predicted molar refractivity (Wildman–Crippen MR) is 66.4 cm³/mol. The minimum Gasteiger partial charge on any atom is -0.377 e. The van der Waals surface area contributed by atoms with Gasteiger partial charge >= 0.3 is 0 Å². The molecule has 2 rings (SSSR count). The van der Waals surface area contributed by atoms with Gasteiger partial charge in [-0.15, -0.1) is 0 Å². The molecule has 1 atom stereocenters. The van der Waals surface area contributed by atoms with E-state index >= 15 is 0 Å². The fraction of sp³-hybridized carbons (Fsp3) is 1.00. The molecule has 1 heterocycles. The summed E-state index contributed by atoms with van der Waals surface area (Å²) in [5.41, 5.74) is 6.31. The molecule has 0 amide bonds. The second-order valence-electron chi connectivity index (χ2n) is 5.61. The van der Waals surface area contributed by atoms with Crippen LogP contribution in [-0.2, 0) is 4.74 Å². The highest BCUT2D eigenvalue weighted by atomic mass is 16.5. The summed E-state index contributed by atoms with van der Waals surface area (Å²) in [6, 6.07) is 0. The van der Waals surface area contributed by atoms with Crippen molar-refractivity contribution in [3.05, 3.63) is 0 Å². The number of hydrogen-bond acceptors (Lipinski definition) is 3. The van der Waals surface area contributed by atoms with Gasteiger partial charge in [0.2, 0.25) is 0 Å². The van der Waals surface area contributed by atoms with Crippen LogP contribution >= 0.6 is 0 Å². The SMILES string of the molecule is CCOC1CCCN(C2(CN)CC(C)C2)C1. The molecule has 3 nitrogen and oxygen atoms in total. The summed E-state index contributed by atoms with van der Waals surface area (Å²) < 4.78 is 5.77. The van der Waals surface area contributed by atoms with Gasteiger partial charge in [-0.25, -0.2) is 0 Å². The molecule has 1 unspecified atom stereocenters. The fourth-order valence-electron chi connectivity index (χ4n) is 3.53. The molecule has 0 aromatic rings. The largest absolute Gasteiger partial charge is 0.377 e. The first-order valence-electron chi connectivity index (χ1n) is 6.77. The lowest BCUT2D eigenvalue weighted by Crippen LogP contribution is -2.64. The molecular weight excluding hydrogens is 200 g/mol. The van der Waals surface area contributed by atoms with Gasteiger partial charge in [0.15, 0.2) is 0 Å². The van der Waals surface area contributed by atoms with Crippen LogP contribution in [-0.4, -0.2) is 42.8 Å². The average molecular weight is 226 g/mol. The highest BCUT2D eigenvalue weighted by molar-refractivity contribution is 5.03. The number of hydrogen-bond donors (Lipinski definition) is 1. The first-order valence-corrected chi connectivity index (χ1v) is 6.77. The second kappa shape index (κ2) is 5.03. The fourth-order valence-corrected chi connectivity index (χ4v) is 3.53. The Morgan fingerprint density at radius 1 is 1.44 bits per heavy atom. The molecule has 2 N–H and O–H groups in total. The van der Waals surface area contributed by atoms with Crippen LogP contribution in [0.4, 0.5) is 0 Å². The van der Waals surface area contributed by atoms with E-state index in [2.05, 4.69) is 18.7 Å². The number of nitrogens with zero attached hydrogens (tertiary/aromatic N) is 1. The summed E-state index contributed by atoms with van der Waals surface area (Å²) >= 11 is 0. The Kier molecular flexibility index (Phi) is 3.88. The molecular formula is C13H26N2O. The monoisotopic (exact) mass is 226 g/mol. The van der Waals surface area contributed by atoms with Crippen LogP contribution in [0.3, 0.4) is 0 Å². The Morgan fingerprint density at radius 2 is 2.19 bits per heavy atom. The summed E-state index contributed by atoms with van der Waals surface area (Å²) in [6.45, 7) is 8.38. The van der Waals surface area contributed by atoms with Gasteiger partial charge in [0.1, 0.15) is 0 Å². The van der Waals surface area contributed by atoms with E-state index in [4.69, 9.17) is 10.5 Å². The van der Waals surface area contributed by atoms with Gasteiger partial charge in [-0.3, -0.25) is 4.90 Å². The molecule has 1 saturated carbocycles. The van der Waals surface area contributed by atoms with Gasteiger partial charge in [0.25, 0.3) is 0 Å². The van der Waals surface area contributed by atoms with Gasteiger partial charge in [-0.1, -0.05) is 6.92 Å². The first-order chi connectivity index (χ1) is 7.70. The van der Waals surface area contributed by atoms with E-state index in [0.29, 0.717) is 11.6 Å². The smallest absolute Gasteiger partial charge is 0.0702 e. The summed E-state index contributed by atoms with van der Waals surface area (Å²) in [4.78, 5) is 2.61. The third kappa shape index (κ3) is 2.27. The number of rotatable bonds is 4. The van der Waals surface area contributed by atoms with Gasteiger partial charge in [0.05, 0.1) is 6.10 Å². The van der Waals surface area contributed by atoms with Gasteiger partial charge in [0, 0.05) is 25.2 Å². The van der Waals surface area contributed by atoms with E-state index < -0.39 is 0 Å². The lowest BCUT2D eigenvalue weighted by Gasteiger charge is -2.55. The summed E-state index contributed by atoms with van der Waals surface area (Å²) in [6.07, 6.45) is 5.49. The highest BCUT2D eigenvalue weighted by Crippen LogP contribution is 2.42. The van der Waals surface area contributed by atoms with Crippen LogP contribution in [0.1, 0.15) is 39.5 Å². The van der Waals surface area contributed by atoms with Crippen molar-refractivity contribution in [1.82, 2.24) is 4.90 Å². The van der Waals surface area contributed by atoms with Crippen LogP contribution in [0.5, 0.6) is 0 Å². The van der Waals surface area contributed by atoms with Crippen molar-refractivity contribution < 1.29 is 4.74 Å². The zero-order valence-corrected chi connectivity index (χ0v) is 10.7. The molecule has 94 valence electrons. The minimum absolute atomic E-state index is 0.315. The molecule has 1 saturated heterocycles. The molecule has 2 fully saturated rings. The van der Waals surface area contributed by atoms with Crippen molar-refractivity contribution >= 4 is 0 Å². The number of nitrogens with two attached hydrogens (primary N) is 1. The Labute approximate surface area is 99.3 Å². The number of piperidine rings is 1. The molecule has 1 aliphatic carbocycles. The maximum absolute atomic E-state index is 6.00. The van der Waals surface area contributed by atoms with E-state index in [0.717, 1.165) is 25.6 Å². The molecule has 2 aliphatic rings. The van der Waals surface area contributed by atoms with Crippen molar-refractivity contribution in [3.8, 4) is 0 Å². The van der Waals surface area contributed by atoms with E-state index in [-0.39, 0.29) is 0 Å². The zero-order chi connectivity index (χ0) is 11.6. The molecule has 16 heavy (non-hydrogen) atoms. The van der Waals surface area contributed by atoms with E-state index in [1.807, 2.05) is 0 Å².